The van der Waals surface area contributed by atoms with Gasteiger partial charge in [-0.25, -0.2) is 17.5 Å². The van der Waals surface area contributed by atoms with Gasteiger partial charge in [-0.05, 0) is 31.4 Å². The number of hydrogen-bond acceptors (Lipinski definition) is 3. The molecular formula is C13H22ClFN2O2S. The summed E-state index contributed by atoms with van der Waals surface area (Å²) in [5.41, 5.74) is 5.81. The lowest BCUT2D eigenvalue weighted by molar-refractivity contribution is 0.391. The molecule has 0 unspecified atom stereocenters. The van der Waals surface area contributed by atoms with Crippen LogP contribution in [0.5, 0.6) is 0 Å². The monoisotopic (exact) mass is 324 g/mol. The number of halogens is 2. The summed E-state index contributed by atoms with van der Waals surface area (Å²) in [7, 11) is -3.88. The van der Waals surface area contributed by atoms with Crippen LogP contribution in [0, 0.1) is 12.7 Å². The summed E-state index contributed by atoms with van der Waals surface area (Å²) >= 11 is 0. The summed E-state index contributed by atoms with van der Waals surface area (Å²) in [6.45, 7) is 5.45. The van der Waals surface area contributed by atoms with Crippen molar-refractivity contribution in [3.05, 3.63) is 29.6 Å². The van der Waals surface area contributed by atoms with E-state index in [4.69, 9.17) is 5.73 Å². The van der Waals surface area contributed by atoms with Crippen LogP contribution in [-0.4, -0.2) is 20.5 Å². The largest absolute Gasteiger partial charge is 0.324 e. The van der Waals surface area contributed by atoms with Gasteiger partial charge in [-0.1, -0.05) is 26.0 Å². The molecule has 0 radical (unpaired) electrons. The first-order valence-corrected chi connectivity index (χ1v) is 7.77. The smallest absolute Gasteiger partial charge is 0.243 e. The minimum absolute atomic E-state index is 0. The Kier molecular flexibility index (Phi) is 7.10. The van der Waals surface area contributed by atoms with Crippen molar-refractivity contribution in [2.45, 2.75) is 44.0 Å². The Hall–Kier alpha value is -0.690. The predicted molar refractivity (Wildman–Crippen MR) is 81.1 cm³/mol. The lowest BCUT2D eigenvalue weighted by Gasteiger charge is -2.26. The first-order valence-electron chi connectivity index (χ1n) is 6.29. The molecule has 1 aromatic carbocycles. The van der Waals surface area contributed by atoms with Gasteiger partial charge in [0.25, 0.3) is 0 Å². The van der Waals surface area contributed by atoms with Crippen LogP contribution < -0.4 is 10.5 Å². The number of sulfonamides is 1. The van der Waals surface area contributed by atoms with Gasteiger partial charge in [0.2, 0.25) is 10.0 Å². The predicted octanol–water partition coefficient (Wildman–Crippen LogP) is 2.35. The van der Waals surface area contributed by atoms with Gasteiger partial charge >= 0.3 is 0 Å². The zero-order valence-corrected chi connectivity index (χ0v) is 13.6. The summed E-state index contributed by atoms with van der Waals surface area (Å²) < 4.78 is 40.4. The second-order valence-corrected chi connectivity index (χ2v) is 6.48. The maximum absolute atomic E-state index is 13.7. The normalized spacial score (nSPS) is 12.1. The van der Waals surface area contributed by atoms with E-state index in [1.165, 1.54) is 6.07 Å². The molecule has 0 aromatic heterocycles. The molecule has 0 saturated carbocycles. The molecular weight excluding hydrogens is 303 g/mol. The molecule has 1 aromatic rings. The fourth-order valence-corrected chi connectivity index (χ4v) is 3.21. The third-order valence-electron chi connectivity index (χ3n) is 3.46. The maximum Gasteiger partial charge on any atom is 0.243 e. The van der Waals surface area contributed by atoms with Crippen LogP contribution in [0.4, 0.5) is 4.39 Å². The van der Waals surface area contributed by atoms with Gasteiger partial charge in [-0.3, -0.25) is 0 Å². The van der Waals surface area contributed by atoms with Crippen LogP contribution in [-0.2, 0) is 10.0 Å². The molecule has 1 rings (SSSR count). The zero-order chi connectivity index (χ0) is 14.7. The molecule has 0 fully saturated rings. The fourth-order valence-electron chi connectivity index (χ4n) is 1.77. The number of benzene rings is 1. The number of aryl methyl sites for hydroxylation is 1. The Labute approximate surface area is 126 Å². The second-order valence-electron chi connectivity index (χ2n) is 4.78. The molecule has 0 aliphatic carbocycles. The lowest BCUT2D eigenvalue weighted by Crippen LogP contribution is -2.49. The average Bonchev–Trinajstić information content (AvgIpc) is 2.35. The van der Waals surface area contributed by atoms with Crippen molar-refractivity contribution in [1.82, 2.24) is 4.72 Å². The Morgan fingerprint density at radius 1 is 1.30 bits per heavy atom. The summed E-state index contributed by atoms with van der Waals surface area (Å²) in [4.78, 5) is -0.301. The molecule has 0 aliphatic rings. The summed E-state index contributed by atoms with van der Waals surface area (Å²) in [6.07, 6.45) is 1.28. The highest BCUT2D eigenvalue weighted by molar-refractivity contribution is 7.89. The van der Waals surface area contributed by atoms with Crippen LogP contribution in [0.2, 0.25) is 0 Å². The number of rotatable bonds is 6. The Balaban J connectivity index is 0.00000361. The van der Waals surface area contributed by atoms with Gasteiger partial charge in [0, 0.05) is 12.1 Å². The van der Waals surface area contributed by atoms with Crippen LogP contribution >= 0.6 is 12.4 Å². The van der Waals surface area contributed by atoms with Crippen molar-refractivity contribution in [2.75, 3.05) is 6.54 Å². The topological polar surface area (TPSA) is 72.2 Å². The molecule has 7 heteroatoms. The fraction of sp³-hybridized carbons (Fsp3) is 0.538. The van der Waals surface area contributed by atoms with Gasteiger partial charge in [0.05, 0.1) is 0 Å². The minimum Gasteiger partial charge on any atom is -0.324 e. The van der Waals surface area contributed by atoms with Crippen molar-refractivity contribution in [3.8, 4) is 0 Å². The van der Waals surface area contributed by atoms with E-state index < -0.39 is 21.4 Å². The van der Waals surface area contributed by atoms with E-state index in [1.807, 2.05) is 13.8 Å². The number of nitrogens with one attached hydrogen (secondary N) is 1. The lowest BCUT2D eigenvalue weighted by atomic mass is 9.95. The Morgan fingerprint density at radius 2 is 1.85 bits per heavy atom. The van der Waals surface area contributed by atoms with E-state index in [0.717, 1.165) is 6.07 Å². The molecule has 4 nitrogen and oxygen atoms in total. The molecule has 0 bridgehead atoms. The van der Waals surface area contributed by atoms with Crippen molar-refractivity contribution in [3.63, 3.8) is 0 Å². The molecule has 0 amide bonds. The van der Waals surface area contributed by atoms with Crippen molar-refractivity contribution in [1.29, 1.82) is 0 Å². The van der Waals surface area contributed by atoms with Gasteiger partial charge in [-0.2, -0.15) is 0 Å². The molecule has 0 aliphatic heterocycles. The van der Waals surface area contributed by atoms with E-state index in [2.05, 4.69) is 4.72 Å². The first-order chi connectivity index (χ1) is 8.75. The third-order valence-corrected chi connectivity index (χ3v) is 5.03. The van der Waals surface area contributed by atoms with Crippen molar-refractivity contribution < 1.29 is 12.8 Å². The Bertz CT molecular complexity index is 525. The van der Waals surface area contributed by atoms with Crippen LogP contribution in [0.1, 0.15) is 32.3 Å². The summed E-state index contributed by atoms with van der Waals surface area (Å²) in [5, 5.41) is 0. The molecule has 0 heterocycles. The van der Waals surface area contributed by atoms with E-state index in [0.29, 0.717) is 18.4 Å². The second kappa shape index (κ2) is 7.36. The van der Waals surface area contributed by atoms with Crippen LogP contribution in [0.25, 0.3) is 0 Å². The zero-order valence-electron chi connectivity index (χ0n) is 11.9. The number of nitrogens with two attached hydrogens (primary N) is 1. The van der Waals surface area contributed by atoms with Gasteiger partial charge in [0.1, 0.15) is 10.7 Å². The maximum atomic E-state index is 13.7. The molecule has 0 saturated heterocycles. The van der Waals surface area contributed by atoms with Crippen molar-refractivity contribution >= 4 is 22.4 Å². The summed E-state index contributed by atoms with van der Waals surface area (Å²) in [5.74, 6) is -0.747. The standard InChI is InChI=1S/C13H21FN2O2S.ClH/c1-4-13(15,5-2)9-16-19(17,18)12-10(3)7-6-8-11(12)14;/h6-8,16H,4-5,9,15H2,1-3H3;1H. The highest BCUT2D eigenvalue weighted by Gasteiger charge is 2.26. The molecule has 0 spiro atoms. The average molecular weight is 325 g/mol. The van der Waals surface area contributed by atoms with E-state index in [-0.39, 0.29) is 23.8 Å². The third kappa shape index (κ3) is 4.41. The van der Waals surface area contributed by atoms with Crippen LogP contribution in [0.3, 0.4) is 0 Å². The van der Waals surface area contributed by atoms with Gasteiger partial charge < -0.3 is 5.73 Å². The first kappa shape index (κ1) is 19.3. The molecule has 3 N–H and O–H groups in total. The van der Waals surface area contributed by atoms with Crippen molar-refractivity contribution in [2.24, 2.45) is 5.73 Å². The summed E-state index contributed by atoms with van der Waals surface area (Å²) in [6, 6.07) is 4.18. The highest BCUT2D eigenvalue weighted by atomic mass is 35.5. The Morgan fingerprint density at radius 3 is 2.30 bits per heavy atom. The SMILES string of the molecule is CCC(N)(CC)CNS(=O)(=O)c1c(C)cccc1F.Cl. The molecule has 0 atom stereocenters. The van der Waals surface area contributed by atoms with E-state index in [1.54, 1.807) is 13.0 Å². The number of hydrogen-bond donors (Lipinski definition) is 2. The molecule has 20 heavy (non-hydrogen) atoms. The van der Waals surface area contributed by atoms with Gasteiger partial charge in [0.15, 0.2) is 0 Å². The quantitative estimate of drug-likeness (QED) is 0.843. The minimum atomic E-state index is -3.88. The van der Waals surface area contributed by atoms with E-state index >= 15 is 0 Å². The molecule has 116 valence electrons. The highest BCUT2D eigenvalue weighted by Crippen LogP contribution is 2.19. The van der Waals surface area contributed by atoms with E-state index in [9.17, 15) is 12.8 Å². The van der Waals surface area contributed by atoms with Gasteiger partial charge in [-0.15, -0.1) is 12.4 Å². The van der Waals surface area contributed by atoms with Crippen LogP contribution in [0.15, 0.2) is 23.1 Å².